The Morgan fingerprint density at radius 1 is 1.09 bits per heavy atom. The van der Waals surface area contributed by atoms with Crippen LogP contribution in [0.25, 0.3) is 0 Å². The molecule has 0 aliphatic heterocycles. The Morgan fingerprint density at radius 3 is 2.25 bits per heavy atom. The number of sulfonamides is 1. The molecule has 0 aliphatic rings. The van der Waals surface area contributed by atoms with Crippen LogP contribution in [0.2, 0.25) is 5.02 Å². The van der Waals surface area contributed by atoms with E-state index in [9.17, 15) is 22.4 Å². The van der Waals surface area contributed by atoms with Crippen LogP contribution in [0.1, 0.15) is 25.8 Å². The van der Waals surface area contributed by atoms with Gasteiger partial charge in [-0.05, 0) is 55.3 Å². The van der Waals surface area contributed by atoms with Crippen molar-refractivity contribution in [2.75, 3.05) is 20.1 Å². The summed E-state index contributed by atoms with van der Waals surface area (Å²) in [6, 6.07) is 10.3. The lowest BCUT2D eigenvalue weighted by Gasteiger charge is -2.30. The van der Waals surface area contributed by atoms with E-state index in [1.54, 1.807) is 6.92 Å². The highest BCUT2D eigenvalue weighted by Gasteiger charge is 2.30. The average molecular weight is 484 g/mol. The largest absolute Gasteiger partial charge is 0.354 e. The van der Waals surface area contributed by atoms with Crippen LogP contribution in [0.3, 0.4) is 0 Å². The quantitative estimate of drug-likeness (QED) is 0.562. The minimum Gasteiger partial charge on any atom is -0.354 e. The molecule has 0 saturated carbocycles. The maximum Gasteiger partial charge on any atom is 0.243 e. The molecule has 1 N–H and O–H groups in total. The third-order valence-electron chi connectivity index (χ3n) is 4.86. The van der Waals surface area contributed by atoms with E-state index in [1.165, 1.54) is 60.5 Å². The topological polar surface area (TPSA) is 86.8 Å². The first-order valence-corrected chi connectivity index (χ1v) is 11.9. The van der Waals surface area contributed by atoms with Crippen molar-refractivity contribution in [3.8, 4) is 0 Å². The molecule has 0 bridgehead atoms. The van der Waals surface area contributed by atoms with Gasteiger partial charge < -0.3 is 10.2 Å². The van der Waals surface area contributed by atoms with E-state index in [0.717, 1.165) is 10.7 Å². The van der Waals surface area contributed by atoms with E-state index in [2.05, 4.69) is 5.32 Å². The molecule has 0 aliphatic carbocycles. The van der Waals surface area contributed by atoms with Crippen molar-refractivity contribution in [1.82, 2.24) is 14.5 Å². The number of carbonyl (C=O) groups excluding carboxylic acids is 2. The van der Waals surface area contributed by atoms with Crippen LogP contribution in [0.5, 0.6) is 0 Å². The number of hydrogen-bond acceptors (Lipinski definition) is 4. The smallest absolute Gasteiger partial charge is 0.243 e. The summed E-state index contributed by atoms with van der Waals surface area (Å²) in [5.41, 5.74) is 0.609. The number of rotatable bonds is 10. The first-order valence-electron chi connectivity index (χ1n) is 10.1. The number of benzene rings is 2. The van der Waals surface area contributed by atoms with Crippen LogP contribution in [-0.4, -0.2) is 55.6 Å². The number of nitrogens with zero attached hydrogens (tertiary/aromatic N) is 2. The maximum atomic E-state index is 13.3. The van der Waals surface area contributed by atoms with Crippen LogP contribution >= 0.6 is 11.6 Å². The summed E-state index contributed by atoms with van der Waals surface area (Å²) in [5.74, 6) is -1.34. The van der Waals surface area contributed by atoms with Crippen molar-refractivity contribution in [1.29, 1.82) is 0 Å². The molecule has 174 valence electrons. The fourth-order valence-electron chi connectivity index (χ4n) is 2.92. The molecule has 10 heteroatoms. The van der Waals surface area contributed by atoms with E-state index in [-0.39, 0.29) is 17.3 Å². The van der Waals surface area contributed by atoms with Crippen molar-refractivity contribution in [3.63, 3.8) is 0 Å². The highest BCUT2D eigenvalue weighted by molar-refractivity contribution is 7.89. The number of hydrogen-bond donors (Lipinski definition) is 1. The molecular weight excluding hydrogens is 457 g/mol. The Balaban J connectivity index is 2.24. The van der Waals surface area contributed by atoms with Gasteiger partial charge in [0, 0.05) is 25.2 Å². The van der Waals surface area contributed by atoms with E-state index >= 15 is 0 Å². The third-order valence-corrected chi connectivity index (χ3v) is 6.93. The van der Waals surface area contributed by atoms with E-state index in [0.29, 0.717) is 17.1 Å². The molecule has 0 heterocycles. The van der Waals surface area contributed by atoms with Gasteiger partial charge in [-0.15, -0.1) is 0 Å². The molecule has 0 spiro atoms. The van der Waals surface area contributed by atoms with Gasteiger partial charge in [0.2, 0.25) is 21.8 Å². The standard InChI is InChI=1S/C22H27ClFN3O4S/c1-4-13-25-22(29)16(2)27(14-17-5-9-19(24)10-6-17)21(28)15-26(3)32(30,31)20-11-7-18(23)8-12-20/h5-12,16H,4,13-15H2,1-3H3,(H,25,29)/t16-/m0/s1. The summed E-state index contributed by atoms with van der Waals surface area (Å²) in [6.07, 6.45) is 0.729. The van der Waals surface area contributed by atoms with Gasteiger partial charge in [-0.25, -0.2) is 12.8 Å². The summed E-state index contributed by atoms with van der Waals surface area (Å²) >= 11 is 5.82. The van der Waals surface area contributed by atoms with Crippen molar-refractivity contribution in [2.45, 2.75) is 37.8 Å². The molecule has 2 aromatic rings. The molecule has 32 heavy (non-hydrogen) atoms. The fraction of sp³-hybridized carbons (Fsp3) is 0.364. The van der Waals surface area contributed by atoms with Crippen molar-refractivity contribution >= 4 is 33.4 Å². The molecule has 0 radical (unpaired) electrons. The second-order valence-corrected chi connectivity index (χ2v) is 9.81. The number of likely N-dealkylation sites (N-methyl/N-ethyl adjacent to an activating group) is 1. The van der Waals surface area contributed by atoms with E-state index in [4.69, 9.17) is 11.6 Å². The summed E-state index contributed by atoms with van der Waals surface area (Å²) < 4.78 is 39.9. The fourth-order valence-corrected chi connectivity index (χ4v) is 4.16. The Morgan fingerprint density at radius 2 is 1.69 bits per heavy atom. The molecule has 2 aromatic carbocycles. The van der Waals surface area contributed by atoms with Gasteiger partial charge in [0.05, 0.1) is 11.4 Å². The van der Waals surface area contributed by atoms with E-state index < -0.39 is 34.3 Å². The molecule has 0 saturated heterocycles. The molecule has 1 atom stereocenters. The predicted molar refractivity (Wildman–Crippen MR) is 121 cm³/mol. The average Bonchev–Trinajstić information content (AvgIpc) is 2.76. The first kappa shape index (κ1) is 25.8. The van der Waals surface area contributed by atoms with Crippen molar-refractivity contribution < 1.29 is 22.4 Å². The summed E-state index contributed by atoms with van der Waals surface area (Å²) in [4.78, 5) is 26.9. The normalized spacial score (nSPS) is 12.4. The van der Waals surface area contributed by atoms with Crippen LogP contribution < -0.4 is 5.32 Å². The summed E-state index contributed by atoms with van der Waals surface area (Å²) in [5, 5.41) is 3.13. The molecule has 7 nitrogen and oxygen atoms in total. The Kier molecular flexibility index (Phi) is 9.18. The minimum atomic E-state index is -3.95. The number of amides is 2. The third kappa shape index (κ3) is 6.75. The van der Waals surface area contributed by atoms with Crippen LogP contribution in [0.15, 0.2) is 53.4 Å². The monoisotopic (exact) mass is 483 g/mol. The predicted octanol–water partition coefficient (Wildman–Crippen LogP) is 3.04. The highest BCUT2D eigenvalue weighted by Crippen LogP contribution is 2.18. The first-order chi connectivity index (χ1) is 15.1. The van der Waals surface area contributed by atoms with Gasteiger partial charge in [0.25, 0.3) is 0 Å². The number of nitrogens with one attached hydrogen (secondary N) is 1. The van der Waals surface area contributed by atoms with Gasteiger partial charge in [-0.1, -0.05) is 30.7 Å². The Labute approximate surface area is 193 Å². The van der Waals surface area contributed by atoms with Gasteiger partial charge in [-0.3, -0.25) is 9.59 Å². The number of carbonyl (C=O) groups is 2. The lowest BCUT2D eigenvalue weighted by molar-refractivity contribution is -0.140. The maximum absolute atomic E-state index is 13.3. The molecule has 0 fully saturated rings. The summed E-state index contributed by atoms with van der Waals surface area (Å²) in [6.45, 7) is 3.47. The minimum absolute atomic E-state index is 0.00368. The lowest BCUT2D eigenvalue weighted by atomic mass is 10.1. The zero-order valence-corrected chi connectivity index (χ0v) is 19.8. The second kappa shape index (κ2) is 11.4. The Bertz CT molecular complexity index is 1030. The second-order valence-electron chi connectivity index (χ2n) is 7.33. The van der Waals surface area contributed by atoms with Crippen LogP contribution in [0.4, 0.5) is 4.39 Å². The summed E-state index contributed by atoms with van der Waals surface area (Å²) in [7, 11) is -2.65. The van der Waals surface area contributed by atoms with E-state index in [1.807, 2.05) is 6.92 Å². The van der Waals surface area contributed by atoms with Crippen molar-refractivity contribution in [3.05, 3.63) is 64.9 Å². The zero-order chi connectivity index (χ0) is 23.9. The number of halogens is 2. The van der Waals surface area contributed by atoms with Gasteiger partial charge in [0.1, 0.15) is 11.9 Å². The highest BCUT2D eigenvalue weighted by atomic mass is 35.5. The SMILES string of the molecule is CCCNC(=O)[C@H](C)N(Cc1ccc(F)cc1)C(=O)CN(C)S(=O)(=O)c1ccc(Cl)cc1. The molecule has 0 unspecified atom stereocenters. The van der Waals surface area contributed by atoms with Gasteiger partial charge >= 0.3 is 0 Å². The molecule has 0 aromatic heterocycles. The van der Waals surface area contributed by atoms with Crippen LogP contribution in [0, 0.1) is 5.82 Å². The zero-order valence-electron chi connectivity index (χ0n) is 18.2. The van der Waals surface area contributed by atoms with Crippen LogP contribution in [-0.2, 0) is 26.2 Å². The molecule has 2 amide bonds. The van der Waals surface area contributed by atoms with Crippen molar-refractivity contribution in [2.24, 2.45) is 0 Å². The Hall–Kier alpha value is -2.49. The van der Waals surface area contributed by atoms with Gasteiger partial charge in [-0.2, -0.15) is 4.31 Å². The lowest BCUT2D eigenvalue weighted by Crippen LogP contribution is -2.50. The molecule has 2 rings (SSSR count). The van der Waals surface area contributed by atoms with Gasteiger partial charge in [0.15, 0.2) is 0 Å². The molecular formula is C22H27ClFN3O4S.